The van der Waals surface area contributed by atoms with Crippen molar-refractivity contribution in [3.63, 3.8) is 0 Å². The van der Waals surface area contributed by atoms with Crippen molar-refractivity contribution in [2.75, 3.05) is 0 Å². The van der Waals surface area contributed by atoms with E-state index in [0.29, 0.717) is 26.6 Å². The molecule has 84 valence electrons. The number of aromatic nitrogens is 2. The summed E-state index contributed by atoms with van der Waals surface area (Å²) in [6.07, 6.45) is 0. The number of hydrogen-bond acceptors (Lipinski definition) is 2. The summed E-state index contributed by atoms with van der Waals surface area (Å²) in [5.41, 5.74) is 1.07. The molecule has 0 saturated heterocycles. The van der Waals surface area contributed by atoms with Crippen LogP contribution >= 0.6 is 23.2 Å². The quantitative estimate of drug-likeness (QED) is 0.719. The van der Waals surface area contributed by atoms with E-state index in [0.717, 1.165) is 0 Å². The van der Waals surface area contributed by atoms with Gasteiger partial charge in [0.15, 0.2) is 0 Å². The number of fused-ring (bicyclic) bond motifs is 1. The van der Waals surface area contributed by atoms with Crippen LogP contribution in [0.5, 0.6) is 0 Å². The van der Waals surface area contributed by atoms with Gasteiger partial charge >= 0.3 is 0 Å². The Balaban J connectivity index is 0.000000606. The smallest absolute Gasteiger partial charge is 0.146 e. The lowest BCUT2D eigenvalue weighted by Gasteiger charge is -1.93. The molecule has 2 rings (SSSR count). The van der Waals surface area contributed by atoms with Gasteiger partial charge in [-0.15, -0.1) is 0 Å². The monoisotopic (exact) mass is 255 g/mol. The molecule has 2 aromatic rings. The van der Waals surface area contributed by atoms with E-state index in [1.54, 1.807) is 19.2 Å². The van der Waals surface area contributed by atoms with Crippen molar-refractivity contribution in [1.82, 2.24) is 9.78 Å². The Morgan fingerprint density at radius 1 is 1.31 bits per heavy atom. The first kappa shape index (κ1) is 12.8. The minimum absolute atomic E-state index is 0.462. The summed E-state index contributed by atoms with van der Waals surface area (Å²) in [4.78, 5) is 0. The van der Waals surface area contributed by atoms with Crippen molar-refractivity contribution in [1.29, 1.82) is 5.26 Å². The molecular formula is C11H11Cl2N3. The fraction of sp³-hybridized carbons (Fsp3) is 0.273. The van der Waals surface area contributed by atoms with Crippen LogP contribution in [0.3, 0.4) is 0 Å². The zero-order valence-corrected chi connectivity index (χ0v) is 10.8. The second-order valence-electron chi connectivity index (χ2n) is 2.87. The summed E-state index contributed by atoms with van der Waals surface area (Å²) >= 11 is 11.8. The van der Waals surface area contributed by atoms with E-state index in [1.165, 1.54) is 4.68 Å². The molecule has 0 aliphatic rings. The molecule has 0 amide bonds. The SMILES string of the molecule is CC.Cn1nc2c(Cl)cc(Cl)cc2c1C#N. The van der Waals surface area contributed by atoms with Crippen LogP contribution in [0.4, 0.5) is 0 Å². The summed E-state index contributed by atoms with van der Waals surface area (Å²) in [5, 5.41) is 14.7. The van der Waals surface area contributed by atoms with Crippen LogP contribution in [0.15, 0.2) is 12.1 Å². The van der Waals surface area contributed by atoms with Gasteiger partial charge in [0.05, 0.1) is 5.02 Å². The van der Waals surface area contributed by atoms with E-state index in [4.69, 9.17) is 28.5 Å². The second-order valence-corrected chi connectivity index (χ2v) is 3.71. The van der Waals surface area contributed by atoms with Gasteiger partial charge in [0.1, 0.15) is 17.3 Å². The van der Waals surface area contributed by atoms with Crippen molar-refractivity contribution < 1.29 is 0 Å². The lowest BCUT2D eigenvalue weighted by Crippen LogP contribution is -1.92. The number of hydrogen-bond donors (Lipinski definition) is 0. The topological polar surface area (TPSA) is 41.6 Å². The largest absolute Gasteiger partial charge is 0.257 e. The Kier molecular flexibility index (Phi) is 4.17. The number of nitrogens with zero attached hydrogens (tertiary/aromatic N) is 3. The van der Waals surface area contributed by atoms with Crippen LogP contribution in [0.2, 0.25) is 10.0 Å². The molecule has 0 unspecified atom stereocenters. The maximum absolute atomic E-state index is 8.89. The summed E-state index contributed by atoms with van der Waals surface area (Å²) < 4.78 is 1.49. The van der Waals surface area contributed by atoms with Crippen molar-refractivity contribution >= 4 is 34.1 Å². The minimum Gasteiger partial charge on any atom is -0.257 e. The van der Waals surface area contributed by atoms with Crippen molar-refractivity contribution in [2.45, 2.75) is 13.8 Å². The minimum atomic E-state index is 0.462. The Hall–Kier alpha value is -1.24. The zero-order valence-electron chi connectivity index (χ0n) is 9.25. The first-order chi connectivity index (χ1) is 7.63. The molecule has 1 heterocycles. The third-order valence-corrected chi connectivity index (χ3v) is 2.47. The van der Waals surface area contributed by atoms with Gasteiger partial charge in [0.25, 0.3) is 0 Å². The molecule has 1 aromatic heterocycles. The van der Waals surface area contributed by atoms with E-state index in [9.17, 15) is 0 Å². The van der Waals surface area contributed by atoms with Crippen LogP contribution in [0, 0.1) is 11.3 Å². The Labute approximate surface area is 104 Å². The van der Waals surface area contributed by atoms with E-state index in [-0.39, 0.29) is 0 Å². The molecule has 0 atom stereocenters. The fourth-order valence-corrected chi connectivity index (χ4v) is 1.89. The van der Waals surface area contributed by atoms with E-state index in [1.807, 2.05) is 13.8 Å². The molecule has 16 heavy (non-hydrogen) atoms. The molecule has 0 aliphatic carbocycles. The second kappa shape index (κ2) is 5.20. The van der Waals surface area contributed by atoms with Crippen molar-refractivity contribution in [3.8, 4) is 6.07 Å². The highest BCUT2D eigenvalue weighted by Gasteiger charge is 2.11. The van der Waals surface area contributed by atoms with E-state index >= 15 is 0 Å². The molecule has 0 aliphatic heterocycles. The third kappa shape index (κ3) is 2.13. The van der Waals surface area contributed by atoms with Gasteiger partial charge in [-0.25, -0.2) is 0 Å². The normalized spacial score (nSPS) is 9.50. The Bertz CT molecular complexity index is 552. The highest BCUT2D eigenvalue weighted by Crippen LogP contribution is 2.28. The van der Waals surface area contributed by atoms with E-state index in [2.05, 4.69) is 11.2 Å². The Morgan fingerprint density at radius 3 is 2.50 bits per heavy atom. The van der Waals surface area contributed by atoms with Gasteiger partial charge < -0.3 is 0 Å². The predicted octanol–water partition coefficient (Wildman–Crippen LogP) is 3.78. The number of benzene rings is 1. The van der Waals surface area contributed by atoms with Crippen LogP contribution in [-0.4, -0.2) is 9.78 Å². The highest BCUT2D eigenvalue weighted by molar-refractivity contribution is 6.38. The standard InChI is InChI=1S/C9H5Cl2N3.C2H6/c1-14-8(4-12)6-2-5(10)3-7(11)9(6)13-14;1-2/h2-3H,1H3;1-2H3. The van der Waals surface area contributed by atoms with Crippen LogP contribution in [-0.2, 0) is 7.05 Å². The lowest BCUT2D eigenvalue weighted by atomic mass is 10.2. The van der Waals surface area contributed by atoms with Gasteiger partial charge in [0.2, 0.25) is 0 Å². The maximum Gasteiger partial charge on any atom is 0.146 e. The van der Waals surface area contributed by atoms with Gasteiger partial charge in [-0.1, -0.05) is 37.0 Å². The average Bonchev–Trinajstić information content (AvgIpc) is 2.57. The molecular weight excluding hydrogens is 245 g/mol. The molecule has 0 saturated carbocycles. The zero-order chi connectivity index (χ0) is 12.3. The first-order valence-corrected chi connectivity index (χ1v) is 5.61. The summed E-state index contributed by atoms with van der Waals surface area (Å²) in [6, 6.07) is 5.36. The van der Waals surface area contributed by atoms with Crippen molar-refractivity contribution in [3.05, 3.63) is 27.9 Å². The highest BCUT2D eigenvalue weighted by atomic mass is 35.5. The predicted molar refractivity (Wildman–Crippen MR) is 66.8 cm³/mol. The Morgan fingerprint density at radius 2 is 1.94 bits per heavy atom. The molecule has 0 spiro atoms. The molecule has 0 N–H and O–H groups in total. The van der Waals surface area contributed by atoms with Crippen LogP contribution < -0.4 is 0 Å². The van der Waals surface area contributed by atoms with Gasteiger partial charge in [-0.05, 0) is 12.1 Å². The molecule has 0 fully saturated rings. The molecule has 3 nitrogen and oxygen atoms in total. The average molecular weight is 256 g/mol. The van der Waals surface area contributed by atoms with Crippen LogP contribution in [0.25, 0.3) is 10.9 Å². The number of halogens is 2. The summed E-state index contributed by atoms with van der Waals surface area (Å²) in [5.74, 6) is 0. The maximum atomic E-state index is 8.89. The fourth-order valence-electron chi connectivity index (χ4n) is 1.36. The molecule has 5 heteroatoms. The summed E-state index contributed by atoms with van der Waals surface area (Å²) in [7, 11) is 1.70. The van der Waals surface area contributed by atoms with Gasteiger partial charge in [0, 0.05) is 17.5 Å². The van der Waals surface area contributed by atoms with Crippen molar-refractivity contribution in [2.24, 2.45) is 7.05 Å². The van der Waals surface area contributed by atoms with Crippen LogP contribution in [0.1, 0.15) is 19.5 Å². The number of aryl methyl sites for hydroxylation is 1. The number of nitriles is 1. The third-order valence-electron chi connectivity index (χ3n) is 1.96. The molecule has 0 radical (unpaired) electrons. The summed E-state index contributed by atoms with van der Waals surface area (Å²) in [6.45, 7) is 4.00. The lowest BCUT2D eigenvalue weighted by molar-refractivity contribution is 0.767. The van der Waals surface area contributed by atoms with Gasteiger partial charge in [-0.2, -0.15) is 10.4 Å². The molecule has 0 bridgehead atoms. The van der Waals surface area contributed by atoms with E-state index < -0.39 is 0 Å². The first-order valence-electron chi connectivity index (χ1n) is 4.85. The van der Waals surface area contributed by atoms with Gasteiger partial charge in [-0.3, -0.25) is 4.68 Å². The molecule has 1 aromatic carbocycles. The number of rotatable bonds is 0.